The van der Waals surface area contributed by atoms with Gasteiger partial charge in [0.25, 0.3) is 17.4 Å². The van der Waals surface area contributed by atoms with Crippen LogP contribution < -0.4 is 20.7 Å². The highest BCUT2D eigenvalue weighted by Crippen LogP contribution is 2.39. The number of piperazine rings is 1. The second-order valence-electron chi connectivity index (χ2n) is 11.9. The maximum Gasteiger partial charge on any atom is 0.255 e. The zero-order valence-corrected chi connectivity index (χ0v) is 24.4. The van der Waals surface area contributed by atoms with Crippen LogP contribution in [-0.4, -0.2) is 60.5 Å². The number of rotatable bonds is 5. The second-order valence-corrected chi connectivity index (χ2v) is 11.9. The number of aromatic nitrogens is 1. The fourth-order valence-electron chi connectivity index (χ4n) is 6.92. The van der Waals surface area contributed by atoms with Gasteiger partial charge in [-0.25, -0.2) is 4.39 Å². The first kappa shape index (κ1) is 27.9. The Kier molecular flexibility index (Phi) is 7.37. The molecule has 224 valence electrons. The molecule has 3 aliphatic heterocycles. The van der Waals surface area contributed by atoms with Gasteiger partial charge in [-0.15, -0.1) is 0 Å². The number of carbonyl (C=O) groups excluding carboxylic acids is 2. The van der Waals surface area contributed by atoms with Crippen LogP contribution in [0.1, 0.15) is 38.7 Å². The summed E-state index contributed by atoms with van der Waals surface area (Å²) in [5.74, 6) is -0.406. The number of anilines is 3. The van der Waals surface area contributed by atoms with E-state index in [2.05, 4.69) is 27.2 Å². The average molecular weight is 592 g/mol. The zero-order chi connectivity index (χ0) is 30.2. The molecule has 2 fully saturated rings. The fraction of sp³-hybridized carbons (Fsp3) is 0.286. The first-order valence-electron chi connectivity index (χ1n) is 15.2. The van der Waals surface area contributed by atoms with E-state index in [1.54, 1.807) is 12.1 Å². The van der Waals surface area contributed by atoms with Gasteiger partial charge in [0.15, 0.2) is 0 Å². The molecule has 9 heteroatoms. The van der Waals surface area contributed by atoms with Crippen LogP contribution in [-0.2, 0) is 6.54 Å². The Balaban J connectivity index is 1.16. The number of nitrogens with one attached hydrogen (secondary N) is 1. The van der Waals surface area contributed by atoms with E-state index < -0.39 is 5.82 Å². The van der Waals surface area contributed by atoms with E-state index in [9.17, 15) is 18.8 Å². The molecule has 2 unspecified atom stereocenters. The SMILES string of the molecule is O=C(Nc1cc(C(=O)N2CCN(c3ccccc3)CC2)ccc1N1CC2CC(C1)c1cccc(=O)n1C2)c1ccc(F)cc1. The summed E-state index contributed by atoms with van der Waals surface area (Å²) in [7, 11) is 0. The molecule has 1 aromatic heterocycles. The van der Waals surface area contributed by atoms with Gasteiger partial charge in [0.1, 0.15) is 5.82 Å². The van der Waals surface area contributed by atoms with Crippen LogP contribution in [0.2, 0.25) is 0 Å². The van der Waals surface area contributed by atoms with Gasteiger partial charge in [-0.2, -0.15) is 0 Å². The van der Waals surface area contributed by atoms with Gasteiger partial charge in [0, 0.05) is 80.3 Å². The van der Waals surface area contributed by atoms with Gasteiger partial charge in [0.2, 0.25) is 0 Å². The quantitative estimate of drug-likeness (QED) is 0.360. The van der Waals surface area contributed by atoms with Crippen LogP contribution >= 0.6 is 0 Å². The first-order chi connectivity index (χ1) is 21.4. The van der Waals surface area contributed by atoms with Crippen molar-refractivity contribution in [1.82, 2.24) is 9.47 Å². The summed E-state index contributed by atoms with van der Waals surface area (Å²) < 4.78 is 15.5. The molecule has 7 rings (SSSR count). The van der Waals surface area contributed by atoms with Gasteiger partial charge in [0.05, 0.1) is 11.4 Å². The van der Waals surface area contributed by atoms with Crippen LogP contribution in [0.4, 0.5) is 21.5 Å². The number of amides is 2. The molecule has 2 amide bonds. The summed E-state index contributed by atoms with van der Waals surface area (Å²) in [5, 5.41) is 3.03. The van der Waals surface area contributed by atoms with Crippen molar-refractivity contribution in [2.75, 3.05) is 54.4 Å². The largest absolute Gasteiger partial charge is 0.369 e. The summed E-state index contributed by atoms with van der Waals surface area (Å²) in [6.07, 6.45) is 1.00. The molecule has 8 nitrogen and oxygen atoms in total. The van der Waals surface area contributed by atoms with E-state index in [0.29, 0.717) is 43.0 Å². The minimum Gasteiger partial charge on any atom is -0.369 e. The Morgan fingerprint density at radius 2 is 1.50 bits per heavy atom. The fourth-order valence-corrected chi connectivity index (χ4v) is 6.92. The van der Waals surface area contributed by atoms with Crippen LogP contribution in [0, 0.1) is 11.7 Å². The third-order valence-corrected chi connectivity index (χ3v) is 9.11. The van der Waals surface area contributed by atoms with E-state index in [0.717, 1.165) is 43.1 Å². The molecule has 0 saturated carbocycles. The highest BCUT2D eigenvalue weighted by Gasteiger charge is 2.35. The Labute approximate surface area is 255 Å². The normalized spacial score (nSPS) is 19.3. The molecule has 2 bridgehead atoms. The smallest absolute Gasteiger partial charge is 0.255 e. The predicted molar refractivity (Wildman–Crippen MR) is 169 cm³/mol. The maximum absolute atomic E-state index is 13.7. The molecule has 2 atom stereocenters. The van der Waals surface area contributed by atoms with E-state index in [1.807, 2.05) is 51.9 Å². The lowest BCUT2D eigenvalue weighted by atomic mass is 9.83. The lowest BCUT2D eigenvalue weighted by Crippen LogP contribution is -2.49. The number of pyridine rings is 1. The van der Waals surface area contributed by atoms with Gasteiger partial charge in [-0.3, -0.25) is 14.4 Å². The average Bonchev–Trinajstić information content (AvgIpc) is 3.05. The number of nitrogens with zero attached hydrogens (tertiary/aromatic N) is 4. The number of hydrogen-bond acceptors (Lipinski definition) is 5. The van der Waals surface area contributed by atoms with Crippen molar-refractivity contribution < 1.29 is 14.0 Å². The molecule has 4 heterocycles. The molecule has 3 aromatic carbocycles. The number of hydrogen-bond donors (Lipinski definition) is 1. The molecule has 3 aliphatic rings. The zero-order valence-electron chi connectivity index (χ0n) is 24.4. The van der Waals surface area contributed by atoms with Crippen molar-refractivity contribution >= 4 is 28.9 Å². The number of carbonyl (C=O) groups is 2. The number of fused-ring (bicyclic) bond motifs is 4. The number of para-hydroxylation sites is 1. The number of benzene rings is 3. The molecule has 44 heavy (non-hydrogen) atoms. The number of halogens is 1. The molecular weight excluding hydrogens is 557 g/mol. The number of piperidine rings is 1. The van der Waals surface area contributed by atoms with Crippen molar-refractivity contribution in [3.05, 3.63) is 124 Å². The third kappa shape index (κ3) is 5.45. The Bertz CT molecular complexity index is 1750. The molecule has 0 radical (unpaired) electrons. The van der Waals surface area contributed by atoms with Crippen molar-refractivity contribution in [1.29, 1.82) is 0 Å². The molecule has 2 saturated heterocycles. The lowest BCUT2D eigenvalue weighted by molar-refractivity contribution is 0.0746. The van der Waals surface area contributed by atoms with Crippen LogP contribution in [0.3, 0.4) is 0 Å². The summed E-state index contributed by atoms with van der Waals surface area (Å²) >= 11 is 0. The monoisotopic (exact) mass is 591 g/mol. The van der Waals surface area contributed by atoms with Gasteiger partial charge in [-0.1, -0.05) is 24.3 Å². The van der Waals surface area contributed by atoms with E-state index in [4.69, 9.17) is 0 Å². The topological polar surface area (TPSA) is 77.9 Å². The predicted octanol–water partition coefficient (Wildman–Crippen LogP) is 4.83. The molecular formula is C35H34FN5O3. The third-order valence-electron chi connectivity index (χ3n) is 9.11. The first-order valence-corrected chi connectivity index (χ1v) is 15.2. The van der Waals surface area contributed by atoms with Crippen molar-refractivity contribution in [2.45, 2.75) is 18.9 Å². The Hall–Kier alpha value is -4.92. The lowest BCUT2D eigenvalue weighted by Gasteiger charge is -2.44. The summed E-state index contributed by atoms with van der Waals surface area (Å²) in [4.78, 5) is 46.0. The second kappa shape index (κ2) is 11.6. The van der Waals surface area contributed by atoms with Gasteiger partial charge >= 0.3 is 0 Å². The van der Waals surface area contributed by atoms with Crippen molar-refractivity contribution in [3.8, 4) is 0 Å². The molecule has 4 aromatic rings. The minimum atomic E-state index is -0.415. The molecule has 1 N–H and O–H groups in total. The van der Waals surface area contributed by atoms with Gasteiger partial charge < -0.3 is 24.6 Å². The van der Waals surface area contributed by atoms with Gasteiger partial charge in [-0.05, 0) is 73.0 Å². The molecule has 0 spiro atoms. The summed E-state index contributed by atoms with van der Waals surface area (Å²) in [6.45, 7) is 4.75. The van der Waals surface area contributed by atoms with Crippen LogP contribution in [0.25, 0.3) is 0 Å². The Morgan fingerprint density at radius 1 is 0.750 bits per heavy atom. The maximum atomic E-state index is 13.7. The summed E-state index contributed by atoms with van der Waals surface area (Å²) in [5.41, 5.74) is 4.42. The van der Waals surface area contributed by atoms with Crippen LogP contribution in [0.15, 0.2) is 95.8 Å². The van der Waals surface area contributed by atoms with Crippen LogP contribution in [0.5, 0.6) is 0 Å². The highest BCUT2D eigenvalue weighted by atomic mass is 19.1. The van der Waals surface area contributed by atoms with Crippen molar-refractivity contribution in [3.63, 3.8) is 0 Å². The molecule has 0 aliphatic carbocycles. The standard InChI is InChI=1S/C35H34FN5O3/c36-28-12-9-25(10-13-28)34(43)37-30-20-26(35(44)39-17-15-38(16-18-39)29-5-2-1-3-6-29)11-14-32(30)40-21-24-19-27(23-40)31-7-4-8-33(42)41(31)22-24/h1-14,20,24,27H,15-19,21-23H2,(H,37,43). The summed E-state index contributed by atoms with van der Waals surface area (Å²) in [6, 6.07) is 26.6. The Morgan fingerprint density at radius 3 is 2.27 bits per heavy atom. The van der Waals surface area contributed by atoms with E-state index in [-0.39, 0.29) is 29.2 Å². The van der Waals surface area contributed by atoms with E-state index >= 15 is 0 Å². The minimum absolute atomic E-state index is 0.0327. The van der Waals surface area contributed by atoms with E-state index in [1.165, 1.54) is 24.3 Å². The highest BCUT2D eigenvalue weighted by molar-refractivity contribution is 6.07. The van der Waals surface area contributed by atoms with Crippen molar-refractivity contribution in [2.24, 2.45) is 5.92 Å².